The molecule has 8 nitrogen and oxygen atoms in total. The van der Waals surface area contributed by atoms with E-state index < -0.39 is 10.0 Å². The number of benzene rings is 1. The zero-order chi connectivity index (χ0) is 22.0. The quantitative estimate of drug-likeness (QED) is 0.631. The number of rotatable bonds is 4. The molecule has 1 amide bonds. The fraction of sp³-hybridized carbons (Fsp3) is 0.476. The summed E-state index contributed by atoms with van der Waals surface area (Å²) in [5.74, 6) is 1.02. The lowest BCUT2D eigenvalue weighted by atomic mass is 10.0. The Bertz CT molecular complexity index is 1030. The highest BCUT2D eigenvalue weighted by Gasteiger charge is 2.30. The average Bonchev–Trinajstić information content (AvgIpc) is 2.79. The van der Waals surface area contributed by atoms with Crippen LogP contribution in [0.2, 0.25) is 0 Å². The Labute approximate surface area is 191 Å². The summed E-state index contributed by atoms with van der Waals surface area (Å²) in [4.78, 5) is 25.6. The topological polar surface area (TPSA) is 86.7 Å². The SMILES string of the molecule is CC1CCN(S(=O)(=O)c2cc(Br)cc(C(=O)N3CCN(c4ncccn4)CC3)c2)CC1. The molecule has 0 aliphatic carbocycles. The summed E-state index contributed by atoms with van der Waals surface area (Å²) in [5, 5.41) is 0. The molecule has 2 aliphatic heterocycles. The van der Waals surface area contributed by atoms with Crippen LogP contribution in [0.5, 0.6) is 0 Å². The third kappa shape index (κ3) is 4.91. The number of nitrogens with zero attached hydrogens (tertiary/aromatic N) is 5. The molecule has 0 radical (unpaired) electrons. The van der Waals surface area contributed by atoms with E-state index in [9.17, 15) is 13.2 Å². The summed E-state index contributed by atoms with van der Waals surface area (Å²) in [7, 11) is -3.63. The summed E-state index contributed by atoms with van der Waals surface area (Å²) < 4.78 is 28.4. The minimum Gasteiger partial charge on any atom is -0.337 e. The van der Waals surface area contributed by atoms with Gasteiger partial charge in [-0.15, -0.1) is 0 Å². The number of sulfonamides is 1. The second-order valence-corrected chi connectivity index (χ2v) is 10.9. The fourth-order valence-corrected chi connectivity index (χ4v) is 6.14. The number of amides is 1. The lowest BCUT2D eigenvalue weighted by Crippen LogP contribution is -2.49. The number of anilines is 1. The monoisotopic (exact) mass is 507 g/mol. The standard InChI is InChI=1S/C21H26BrN5O3S/c1-16-3-7-27(8-4-16)31(29,30)19-14-17(13-18(22)15-19)20(28)25-9-11-26(12-10-25)21-23-5-2-6-24-21/h2,5-6,13-16H,3-4,7-12H2,1H3. The fourth-order valence-electron chi connectivity index (χ4n) is 3.96. The van der Waals surface area contributed by atoms with Crippen LogP contribution in [0.15, 0.2) is 46.0 Å². The molecule has 4 rings (SSSR count). The van der Waals surface area contributed by atoms with Crippen molar-refractivity contribution in [2.45, 2.75) is 24.7 Å². The maximum atomic E-state index is 13.2. The first-order valence-electron chi connectivity index (χ1n) is 10.5. The maximum Gasteiger partial charge on any atom is 0.254 e. The molecule has 10 heteroatoms. The molecule has 166 valence electrons. The molecular formula is C21H26BrN5O3S. The Hall–Kier alpha value is -2.04. The third-order valence-electron chi connectivity index (χ3n) is 5.90. The van der Waals surface area contributed by atoms with E-state index >= 15 is 0 Å². The molecule has 31 heavy (non-hydrogen) atoms. The molecule has 0 unspecified atom stereocenters. The van der Waals surface area contributed by atoms with Gasteiger partial charge in [0, 0.05) is 61.7 Å². The van der Waals surface area contributed by atoms with Crippen molar-refractivity contribution in [1.82, 2.24) is 19.2 Å². The number of piperazine rings is 1. The van der Waals surface area contributed by atoms with Gasteiger partial charge < -0.3 is 9.80 Å². The molecule has 0 spiro atoms. The zero-order valence-corrected chi connectivity index (χ0v) is 19.8. The molecule has 2 aliphatic rings. The van der Waals surface area contributed by atoms with Crippen LogP contribution >= 0.6 is 15.9 Å². The van der Waals surface area contributed by atoms with Crippen LogP contribution in [0.4, 0.5) is 5.95 Å². The normalized spacial score (nSPS) is 18.9. The number of piperidine rings is 1. The van der Waals surface area contributed by atoms with Crippen molar-refractivity contribution in [3.05, 3.63) is 46.7 Å². The Morgan fingerprint density at radius 2 is 1.65 bits per heavy atom. The summed E-state index contributed by atoms with van der Waals surface area (Å²) in [5.41, 5.74) is 0.378. The molecule has 2 aromatic rings. The van der Waals surface area contributed by atoms with Crippen molar-refractivity contribution in [2.24, 2.45) is 5.92 Å². The Morgan fingerprint density at radius 1 is 1.00 bits per heavy atom. The molecule has 0 N–H and O–H groups in total. The molecule has 1 aromatic heterocycles. The molecule has 2 saturated heterocycles. The van der Waals surface area contributed by atoms with Crippen LogP contribution in [0.25, 0.3) is 0 Å². The number of carbonyl (C=O) groups excluding carboxylic acids is 1. The smallest absolute Gasteiger partial charge is 0.254 e. The van der Waals surface area contributed by atoms with E-state index in [0.717, 1.165) is 12.8 Å². The van der Waals surface area contributed by atoms with E-state index in [4.69, 9.17) is 0 Å². The van der Waals surface area contributed by atoms with Crippen molar-refractivity contribution in [2.75, 3.05) is 44.2 Å². The van der Waals surface area contributed by atoms with Crippen LogP contribution in [0.3, 0.4) is 0 Å². The van der Waals surface area contributed by atoms with Gasteiger partial charge in [-0.3, -0.25) is 4.79 Å². The highest BCUT2D eigenvalue weighted by atomic mass is 79.9. The van der Waals surface area contributed by atoms with E-state index in [0.29, 0.717) is 61.2 Å². The van der Waals surface area contributed by atoms with E-state index in [1.165, 1.54) is 10.4 Å². The number of hydrogen-bond donors (Lipinski definition) is 0. The second kappa shape index (κ2) is 9.22. The van der Waals surface area contributed by atoms with Crippen molar-refractivity contribution < 1.29 is 13.2 Å². The second-order valence-electron chi connectivity index (χ2n) is 8.09. The van der Waals surface area contributed by atoms with E-state index in [1.807, 2.05) is 4.90 Å². The molecule has 0 atom stereocenters. The van der Waals surface area contributed by atoms with E-state index in [1.54, 1.807) is 35.5 Å². The average molecular weight is 508 g/mol. The highest BCUT2D eigenvalue weighted by Crippen LogP contribution is 2.27. The Morgan fingerprint density at radius 3 is 2.29 bits per heavy atom. The molecular weight excluding hydrogens is 482 g/mol. The largest absolute Gasteiger partial charge is 0.337 e. The van der Waals surface area contributed by atoms with Crippen molar-refractivity contribution in [3.63, 3.8) is 0 Å². The predicted molar refractivity (Wildman–Crippen MR) is 121 cm³/mol. The van der Waals surface area contributed by atoms with Crippen LogP contribution in [0.1, 0.15) is 30.1 Å². The summed E-state index contributed by atoms with van der Waals surface area (Å²) >= 11 is 3.39. The maximum absolute atomic E-state index is 13.2. The van der Waals surface area contributed by atoms with Gasteiger partial charge in [0.2, 0.25) is 16.0 Å². The first-order chi connectivity index (χ1) is 14.8. The lowest BCUT2D eigenvalue weighted by Gasteiger charge is -2.34. The first kappa shape index (κ1) is 22.2. The lowest BCUT2D eigenvalue weighted by molar-refractivity contribution is 0.0746. The van der Waals surface area contributed by atoms with E-state index in [2.05, 4.69) is 32.8 Å². The van der Waals surface area contributed by atoms with Crippen molar-refractivity contribution >= 4 is 37.8 Å². The van der Waals surface area contributed by atoms with Gasteiger partial charge in [0.25, 0.3) is 5.91 Å². The number of aromatic nitrogens is 2. The molecule has 3 heterocycles. The van der Waals surface area contributed by atoms with Crippen LogP contribution in [-0.4, -0.2) is 72.8 Å². The number of carbonyl (C=O) groups is 1. The van der Waals surface area contributed by atoms with Gasteiger partial charge in [-0.05, 0) is 43.0 Å². The van der Waals surface area contributed by atoms with Crippen molar-refractivity contribution in [3.8, 4) is 0 Å². The number of hydrogen-bond acceptors (Lipinski definition) is 6. The van der Waals surface area contributed by atoms with Gasteiger partial charge in [-0.25, -0.2) is 18.4 Å². The Kier molecular flexibility index (Phi) is 6.59. The highest BCUT2D eigenvalue weighted by molar-refractivity contribution is 9.10. The zero-order valence-electron chi connectivity index (χ0n) is 17.4. The minimum absolute atomic E-state index is 0.163. The van der Waals surface area contributed by atoms with Gasteiger partial charge >= 0.3 is 0 Å². The summed E-state index contributed by atoms with van der Waals surface area (Å²) in [6, 6.07) is 6.54. The Balaban J connectivity index is 1.49. The summed E-state index contributed by atoms with van der Waals surface area (Å²) in [6.07, 6.45) is 5.11. The van der Waals surface area contributed by atoms with E-state index in [-0.39, 0.29) is 10.8 Å². The third-order valence-corrected chi connectivity index (χ3v) is 8.23. The molecule has 1 aromatic carbocycles. The molecule has 2 fully saturated rings. The molecule has 0 saturated carbocycles. The van der Waals surface area contributed by atoms with Crippen molar-refractivity contribution in [1.29, 1.82) is 0 Å². The van der Waals surface area contributed by atoms with Gasteiger partial charge in [0.15, 0.2) is 0 Å². The van der Waals surface area contributed by atoms with Crippen LogP contribution in [-0.2, 0) is 10.0 Å². The summed E-state index contributed by atoms with van der Waals surface area (Å²) in [6.45, 7) is 5.47. The van der Waals surface area contributed by atoms with Crippen LogP contribution < -0.4 is 4.90 Å². The minimum atomic E-state index is -3.63. The van der Waals surface area contributed by atoms with Gasteiger partial charge in [0.05, 0.1) is 4.90 Å². The molecule has 0 bridgehead atoms. The predicted octanol–water partition coefficient (Wildman–Crippen LogP) is 2.62. The van der Waals surface area contributed by atoms with Gasteiger partial charge in [0.1, 0.15) is 0 Å². The van der Waals surface area contributed by atoms with Crippen LogP contribution in [0, 0.1) is 5.92 Å². The van der Waals surface area contributed by atoms with Gasteiger partial charge in [-0.2, -0.15) is 4.31 Å². The van der Waals surface area contributed by atoms with Gasteiger partial charge in [-0.1, -0.05) is 22.9 Å². The first-order valence-corrected chi connectivity index (χ1v) is 12.7. The number of halogens is 1.